The summed E-state index contributed by atoms with van der Waals surface area (Å²) in [6, 6.07) is 13.6. The van der Waals surface area contributed by atoms with E-state index in [1.165, 1.54) is 5.01 Å². The van der Waals surface area contributed by atoms with Gasteiger partial charge in [-0.3, -0.25) is 9.20 Å². The van der Waals surface area contributed by atoms with Crippen molar-refractivity contribution in [3.05, 3.63) is 88.7 Å². The molecule has 1 aromatic carbocycles. The normalized spacial score (nSPS) is 15.6. The molecule has 0 radical (unpaired) electrons. The Bertz CT molecular complexity index is 1360. The molecular weight excluding hydrogens is 446 g/mol. The highest BCUT2D eigenvalue weighted by Crippen LogP contribution is 2.33. The van der Waals surface area contributed by atoms with Gasteiger partial charge in [-0.15, -0.1) is 10.2 Å². The maximum Gasteiger partial charge on any atom is 0.340 e. The number of benzene rings is 1. The Morgan fingerprint density at radius 1 is 1.15 bits per heavy atom. The summed E-state index contributed by atoms with van der Waals surface area (Å²) in [5.41, 5.74) is 2.46. The molecule has 1 aliphatic heterocycles. The number of fused-ring (bicyclic) bond motifs is 1. The van der Waals surface area contributed by atoms with Crippen LogP contribution in [0.3, 0.4) is 0 Å². The molecule has 0 aliphatic carbocycles. The zero-order chi connectivity index (χ0) is 22.9. The molecule has 0 saturated carbocycles. The molecule has 166 valence electrons. The lowest BCUT2D eigenvalue weighted by molar-refractivity contribution is -0.136. The SMILES string of the molecule is Cc1nnc2ccc(C(=O)OCC(=O)N3N=C(c4ccc(Cl)cc4)CC3c3ccco3)cn12. The average molecular weight is 464 g/mol. The Morgan fingerprint density at radius 3 is 2.73 bits per heavy atom. The first-order valence-electron chi connectivity index (χ1n) is 10.2. The van der Waals surface area contributed by atoms with Crippen molar-refractivity contribution in [3.8, 4) is 0 Å². The lowest BCUT2D eigenvalue weighted by Gasteiger charge is -2.19. The number of rotatable bonds is 5. The summed E-state index contributed by atoms with van der Waals surface area (Å²) in [4.78, 5) is 25.6. The van der Waals surface area contributed by atoms with Crippen molar-refractivity contribution >= 4 is 34.8 Å². The predicted molar refractivity (Wildman–Crippen MR) is 119 cm³/mol. The number of carbonyl (C=O) groups is 2. The molecule has 0 N–H and O–H groups in total. The smallest absolute Gasteiger partial charge is 0.340 e. The first-order valence-corrected chi connectivity index (χ1v) is 10.5. The Hall–Kier alpha value is -3.98. The van der Waals surface area contributed by atoms with Crippen molar-refractivity contribution < 1.29 is 18.7 Å². The number of pyridine rings is 1. The van der Waals surface area contributed by atoms with Crippen LogP contribution in [0.15, 0.2) is 70.5 Å². The molecule has 0 bridgehead atoms. The van der Waals surface area contributed by atoms with E-state index in [1.54, 1.807) is 60.2 Å². The summed E-state index contributed by atoms with van der Waals surface area (Å²) in [6.45, 7) is 1.31. The van der Waals surface area contributed by atoms with E-state index < -0.39 is 24.5 Å². The van der Waals surface area contributed by atoms with Crippen LogP contribution in [-0.2, 0) is 9.53 Å². The molecule has 1 unspecified atom stereocenters. The quantitative estimate of drug-likeness (QED) is 0.417. The topological polar surface area (TPSA) is 102 Å². The van der Waals surface area contributed by atoms with Crippen molar-refractivity contribution in [3.63, 3.8) is 0 Å². The van der Waals surface area contributed by atoms with Gasteiger partial charge in [0.25, 0.3) is 5.91 Å². The summed E-state index contributed by atoms with van der Waals surface area (Å²) in [5, 5.41) is 14.4. The summed E-state index contributed by atoms with van der Waals surface area (Å²) >= 11 is 5.99. The Balaban J connectivity index is 1.33. The number of aromatic nitrogens is 3. The highest BCUT2D eigenvalue weighted by molar-refractivity contribution is 6.30. The molecule has 9 nitrogen and oxygen atoms in total. The second kappa shape index (κ2) is 8.51. The van der Waals surface area contributed by atoms with Crippen molar-refractivity contribution in [2.75, 3.05) is 6.61 Å². The molecule has 33 heavy (non-hydrogen) atoms. The number of carbonyl (C=O) groups excluding carboxylic acids is 2. The van der Waals surface area contributed by atoms with Crippen LogP contribution in [0, 0.1) is 6.92 Å². The summed E-state index contributed by atoms with van der Waals surface area (Å²) in [7, 11) is 0. The van der Waals surface area contributed by atoms with Crippen LogP contribution < -0.4 is 0 Å². The molecule has 10 heteroatoms. The minimum Gasteiger partial charge on any atom is -0.467 e. The van der Waals surface area contributed by atoms with E-state index in [0.717, 1.165) is 5.56 Å². The van der Waals surface area contributed by atoms with E-state index >= 15 is 0 Å². The van der Waals surface area contributed by atoms with Crippen LogP contribution in [0.1, 0.15) is 40.0 Å². The van der Waals surface area contributed by atoms with Crippen LogP contribution in [0.2, 0.25) is 5.02 Å². The van der Waals surface area contributed by atoms with Crippen molar-refractivity contribution in [1.29, 1.82) is 0 Å². The van der Waals surface area contributed by atoms with Crippen molar-refractivity contribution in [2.45, 2.75) is 19.4 Å². The van der Waals surface area contributed by atoms with Gasteiger partial charge in [-0.05, 0) is 48.9 Å². The van der Waals surface area contributed by atoms with Gasteiger partial charge in [0.1, 0.15) is 17.6 Å². The van der Waals surface area contributed by atoms with Crippen molar-refractivity contribution in [2.24, 2.45) is 5.10 Å². The number of nitrogens with zero attached hydrogens (tertiary/aromatic N) is 5. The Labute approximate surface area is 193 Å². The third-order valence-corrected chi connectivity index (χ3v) is 5.60. The second-order valence-corrected chi connectivity index (χ2v) is 7.93. The number of hydrogen-bond donors (Lipinski definition) is 0. The minimum atomic E-state index is -0.631. The first kappa shape index (κ1) is 20.9. The van der Waals surface area contributed by atoms with Gasteiger partial charge in [-0.25, -0.2) is 9.80 Å². The van der Waals surface area contributed by atoms with E-state index in [4.69, 9.17) is 20.8 Å². The number of amides is 1. The third-order valence-electron chi connectivity index (χ3n) is 5.35. The van der Waals surface area contributed by atoms with Gasteiger partial charge < -0.3 is 9.15 Å². The average Bonchev–Trinajstić information content (AvgIpc) is 3.57. The zero-order valence-electron chi connectivity index (χ0n) is 17.5. The Kier molecular flexibility index (Phi) is 5.39. The summed E-state index contributed by atoms with van der Waals surface area (Å²) in [6.07, 6.45) is 3.58. The van der Waals surface area contributed by atoms with Crippen LogP contribution >= 0.6 is 11.6 Å². The number of furan rings is 1. The lowest BCUT2D eigenvalue weighted by atomic mass is 10.0. The molecular formula is C23H18ClN5O4. The fraction of sp³-hybridized carbons (Fsp3) is 0.174. The summed E-state index contributed by atoms with van der Waals surface area (Å²) < 4.78 is 12.5. The highest BCUT2D eigenvalue weighted by atomic mass is 35.5. The van der Waals surface area contributed by atoms with Gasteiger partial charge in [0.2, 0.25) is 0 Å². The monoisotopic (exact) mass is 463 g/mol. The van der Waals surface area contributed by atoms with E-state index in [-0.39, 0.29) is 5.56 Å². The summed E-state index contributed by atoms with van der Waals surface area (Å²) in [5.74, 6) is 0.137. The fourth-order valence-electron chi connectivity index (χ4n) is 3.66. The molecule has 1 atom stereocenters. The molecule has 0 saturated heterocycles. The van der Waals surface area contributed by atoms with Gasteiger partial charge in [-0.2, -0.15) is 5.10 Å². The van der Waals surface area contributed by atoms with E-state index in [0.29, 0.717) is 34.4 Å². The van der Waals surface area contributed by atoms with Crippen molar-refractivity contribution in [1.82, 2.24) is 19.6 Å². The maximum atomic E-state index is 13.0. The van der Waals surface area contributed by atoms with E-state index in [1.807, 2.05) is 12.1 Å². The standard InChI is InChI=1S/C23H18ClN5O4/c1-14-25-26-21-9-6-16(12-28(14)21)23(31)33-13-22(30)29-19(20-3-2-10-32-20)11-18(27-29)15-4-7-17(24)8-5-15/h2-10,12,19H,11,13H2,1H3. The number of halogens is 1. The molecule has 4 aromatic rings. The number of esters is 1. The number of hydrazone groups is 1. The van der Waals surface area contributed by atoms with E-state index in [9.17, 15) is 9.59 Å². The zero-order valence-corrected chi connectivity index (χ0v) is 18.3. The molecule has 3 aromatic heterocycles. The largest absolute Gasteiger partial charge is 0.467 e. The molecule has 4 heterocycles. The number of hydrogen-bond acceptors (Lipinski definition) is 7. The molecule has 1 amide bonds. The number of ether oxygens (including phenoxy) is 1. The van der Waals surface area contributed by atoms with Gasteiger partial charge >= 0.3 is 5.97 Å². The molecule has 0 spiro atoms. The second-order valence-electron chi connectivity index (χ2n) is 7.50. The third kappa shape index (κ3) is 4.10. The maximum absolute atomic E-state index is 13.0. The molecule has 5 rings (SSSR count). The van der Waals surface area contributed by atoms with Crippen LogP contribution in [-0.4, -0.2) is 43.8 Å². The van der Waals surface area contributed by atoms with Crippen LogP contribution in [0.5, 0.6) is 0 Å². The van der Waals surface area contributed by atoms with E-state index in [2.05, 4.69) is 15.3 Å². The fourth-order valence-corrected chi connectivity index (χ4v) is 3.79. The first-order chi connectivity index (χ1) is 16.0. The lowest BCUT2D eigenvalue weighted by Crippen LogP contribution is -2.31. The number of aryl methyl sites for hydroxylation is 1. The Morgan fingerprint density at radius 2 is 1.97 bits per heavy atom. The minimum absolute atomic E-state index is 0.285. The molecule has 0 fully saturated rings. The highest BCUT2D eigenvalue weighted by Gasteiger charge is 2.35. The predicted octanol–water partition coefficient (Wildman–Crippen LogP) is 3.82. The van der Waals surface area contributed by atoms with Crippen LogP contribution in [0.25, 0.3) is 5.65 Å². The van der Waals surface area contributed by atoms with Gasteiger partial charge in [-0.1, -0.05) is 23.7 Å². The molecule has 1 aliphatic rings. The van der Waals surface area contributed by atoms with Gasteiger partial charge in [0, 0.05) is 17.6 Å². The van der Waals surface area contributed by atoms with Gasteiger partial charge in [0.15, 0.2) is 12.3 Å². The van der Waals surface area contributed by atoms with Crippen LogP contribution in [0.4, 0.5) is 0 Å². The van der Waals surface area contributed by atoms with Gasteiger partial charge in [0.05, 0.1) is 17.5 Å².